The van der Waals surface area contributed by atoms with Crippen LogP contribution in [0.2, 0.25) is 0 Å². The number of aliphatic hydroxyl groups is 4. The molecule has 7 atom stereocenters. The lowest BCUT2D eigenvalue weighted by Gasteiger charge is -2.32. The van der Waals surface area contributed by atoms with Crippen LogP contribution < -0.4 is 0 Å². The summed E-state index contributed by atoms with van der Waals surface area (Å²) >= 11 is 0. The van der Waals surface area contributed by atoms with Crippen molar-refractivity contribution in [2.75, 3.05) is 59.5 Å². The Bertz CT molecular complexity index is 1100. The minimum Gasteiger partial charge on any atom is -0.460 e. The Labute approximate surface area is 291 Å². The zero-order chi connectivity index (χ0) is 37.7. The Morgan fingerprint density at radius 1 is 0.480 bits per heavy atom. The van der Waals surface area contributed by atoms with E-state index in [9.17, 15) is 44.4 Å². The molecule has 0 aliphatic heterocycles. The van der Waals surface area contributed by atoms with Crippen LogP contribution in [0.25, 0.3) is 0 Å². The van der Waals surface area contributed by atoms with Gasteiger partial charge in [0.25, 0.3) is 0 Å². The third kappa shape index (κ3) is 23.5. The van der Waals surface area contributed by atoms with Crippen LogP contribution in [0.3, 0.4) is 0 Å². The number of hydrogen-bond donors (Lipinski definition) is 4. The van der Waals surface area contributed by atoms with E-state index in [2.05, 4.69) is 0 Å². The fourth-order valence-electron chi connectivity index (χ4n) is 3.50. The molecule has 17 nitrogen and oxygen atoms in total. The lowest BCUT2D eigenvalue weighted by atomic mass is 10.1. The van der Waals surface area contributed by atoms with Crippen molar-refractivity contribution >= 4 is 30.2 Å². The fraction of sp³-hybridized carbons (Fsp3) is 0.606. The Balaban J connectivity index is 5.99. The molecule has 0 radical (unpaired) electrons. The van der Waals surface area contributed by atoms with Crippen molar-refractivity contribution in [3.8, 4) is 0 Å². The average molecular weight is 719 g/mol. The van der Waals surface area contributed by atoms with Crippen LogP contribution in [0.4, 0.5) is 0 Å². The van der Waals surface area contributed by atoms with Gasteiger partial charge in [-0.2, -0.15) is 0 Å². The Morgan fingerprint density at radius 3 is 1.18 bits per heavy atom. The summed E-state index contributed by atoms with van der Waals surface area (Å²) in [6, 6.07) is 0. The second kappa shape index (κ2) is 29.0. The SMILES string of the molecule is CC=CC(=O)OCC(O)COC[C@@H](OCC(O)COC(=O)C=CC)[C@@H](OCC(O)COC(=O)C=CC)[C@H](C=O)OCC(O)COC(=O)C=CC. The van der Waals surface area contributed by atoms with Gasteiger partial charge in [0.2, 0.25) is 0 Å². The second-order valence-electron chi connectivity index (χ2n) is 10.3. The third-order valence-electron chi connectivity index (χ3n) is 5.76. The van der Waals surface area contributed by atoms with Crippen LogP contribution in [0.15, 0.2) is 48.6 Å². The standard InChI is InChI=1S/C33H50O17/c1-5-9-29(39)46-17-23(35)14-43-22-28(45-16-25(37)19-48-31(41)11-7-3)33(50-21-26(38)20-49-32(42)12-8-4)27(13-34)44-15-24(36)18-47-30(40)10-6-2/h5-13,23-28,33,35-38H,14-22H2,1-4H3/t23?,24?,25?,26?,27-,28+,33-/m0/s1. The molecule has 0 fully saturated rings. The molecule has 4 N–H and O–H groups in total. The number of esters is 4. The van der Waals surface area contributed by atoms with Crippen molar-refractivity contribution in [3.63, 3.8) is 0 Å². The molecule has 284 valence electrons. The van der Waals surface area contributed by atoms with E-state index in [4.69, 9.17) is 37.9 Å². The monoisotopic (exact) mass is 718 g/mol. The molecule has 17 heteroatoms. The van der Waals surface area contributed by atoms with Crippen LogP contribution in [0.1, 0.15) is 27.7 Å². The summed E-state index contributed by atoms with van der Waals surface area (Å²) in [5.41, 5.74) is 0. The highest BCUT2D eigenvalue weighted by Gasteiger charge is 2.34. The fourth-order valence-corrected chi connectivity index (χ4v) is 3.50. The predicted molar refractivity (Wildman–Crippen MR) is 173 cm³/mol. The van der Waals surface area contributed by atoms with E-state index in [0.29, 0.717) is 6.29 Å². The van der Waals surface area contributed by atoms with E-state index in [0.717, 1.165) is 24.3 Å². The number of carbonyl (C=O) groups is 5. The molecule has 0 bridgehead atoms. The molecule has 0 saturated heterocycles. The summed E-state index contributed by atoms with van der Waals surface area (Å²) < 4.78 is 42.3. The third-order valence-corrected chi connectivity index (χ3v) is 5.76. The number of aliphatic hydroxyl groups excluding tert-OH is 4. The smallest absolute Gasteiger partial charge is 0.330 e. The normalized spacial score (nSPS) is 16.2. The van der Waals surface area contributed by atoms with Gasteiger partial charge in [-0.3, -0.25) is 0 Å². The first-order valence-corrected chi connectivity index (χ1v) is 15.7. The van der Waals surface area contributed by atoms with Gasteiger partial charge in [0.05, 0.1) is 33.0 Å². The van der Waals surface area contributed by atoms with Gasteiger partial charge in [0, 0.05) is 24.3 Å². The molecule has 0 aromatic rings. The summed E-state index contributed by atoms with van der Waals surface area (Å²) in [4.78, 5) is 58.8. The van der Waals surface area contributed by atoms with Crippen LogP contribution in [-0.2, 0) is 61.9 Å². The molecule has 0 aliphatic rings. The van der Waals surface area contributed by atoms with Gasteiger partial charge in [0.1, 0.15) is 69.2 Å². The highest BCUT2D eigenvalue weighted by molar-refractivity contribution is 5.82. The Kier molecular flexibility index (Phi) is 26.8. The summed E-state index contributed by atoms with van der Waals surface area (Å²) in [7, 11) is 0. The molecule has 0 rings (SSSR count). The molecule has 0 spiro atoms. The van der Waals surface area contributed by atoms with Crippen molar-refractivity contribution in [1.82, 2.24) is 0 Å². The molecule has 0 saturated carbocycles. The predicted octanol–water partition coefficient (Wildman–Crippen LogP) is -0.722. The molecule has 4 unspecified atom stereocenters. The molecule has 0 aliphatic carbocycles. The Hall–Kier alpha value is -3.81. The molecule has 0 amide bonds. The van der Waals surface area contributed by atoms with Gasteiger partial charge >= 0.3 is 23.9 Å². The van der Waals surface area contributed by atoms with E-state index >= 15 is 0 Å². The molecular weight excluding hydrogens is 668 g/mol. The zero-order valence-corrected chi connectivity index (χ0v) is 28.7. The van der Waals surface area contributed by atoms with Crippen LogP contribution in [-0.4, -0.2) is 153 Å². The number of carbonyl (C=O) groups excluding carboxylic acids is 5. The molecule has 0 aromatic heterocycles. The first-order chi connectivity index (χ1) is 23.9. The van der Waals surface area contributed by atoms with Crippen molar-refractivity contribution in [2.45, 2.75) is 70.4 Å². The molecule has 50 heavy (non-hydrogen) atoms. The maximum Gasteiger partial charge on any atom is 0.330 e. The number of allylic oxidation sites excluding steroid dienone is 4. The largest absolute Gasteiger partial charge is 0.460 e. The number of aldehydes is 1. The van der Waals surface area contributed by atoms with E-state index in [1.807, 2.05) is 0 Å². The zero-order valence-electron chi connectivity index (χ0n) is 28.7. The topological polar surface area (TPSA) is 240 Å². The highest BCUT2D eigenvalue weighted by atomic mass is 16.6. The minimum atomic E-state index is -1.54. The summed E-state index contributed by atoms with van der Waals surface area (Å²) in [6.45, 7) is 2.11. The van der Waals surface area contributed by atoms with Gasteiger partial charge in [-0.05, 0) is 27.7 Å². The van der Waals surface area contributed by atoms with Gasteiger partial charge in [0.15, 0.2) is 6.29 Å². The van der Waals surface area contributed by atoms with E-state index in [1.165, 1.54) is 24.3 Å². The van der Waals surface area contributed by atoms with Crippen LogP contribution in [0.5, 0.6) is 0 Å². The molecule has 0 aromatic carbocycles. The second-order valence-corrected chi connectivity index (χ2v) is 10.3. The van der Waals surface area contributed by atoms with Gasteiger partial charge in [-0.15, -0.1) is 0 Å². The molecular formula is C33H50O17. The van der Waals surface area contributed by atoms with E-state index in [1.54, 1.807) is 27.7 Å². The maximum absolute atomic E-state index is 12.3. The first kappa shape index (κ1) is 46.2. The highest BCUT2D eigenvalue weighted by Crippen LogP contribution is 2.15. The lowest BCUT2D eigenvalue weighted by molar-refractivity contribution is -0.184. The number of ether oxygens (including phenoxy) is 8. The number of rotatable bonds is 28. The lowest BCUT2D eigenvalue weighted by Crippen LogP contribution is -2.49. The number of hydrogen-bond acceptors (Lipinski definition) is 17. The van der Waals surface area contributed by atoms with Crippen molar-refractivity contribution in [3.05, 3.63) is 48.6 Å². The summed E-state index contributed by atoms with van der Waals surface area (Å²) in [5, 5.41) is 41.3. The van der Waals surface area contributed by atoms with Crippen LogP contribution in [0, 0.1) is 0 Å². The van der Waals surface area contributed by atoms with Crippen molar-refractivity contribution < 1.29 is 82.3 Å². The summed E-state index contributed by atoms with van der Waals surface area (Å²) in [6.07, 6.45) is 0.881. The first-order valence-electron chi connectivity index (χ1n) is 15.7. The van der Waals surface area contributed by atoms with Crippen LogP contribution >= 0.6 is 0 Å². The Morgan fingerprint density at radius 2 is 0.820 bits per heavy atom. The average Bonchev–Trinajstić information content (AvgIpc) is 3.08. The van der Waals surface area contributed by atoms with Crippen molar-refractivity contribution in [1.29, 1.82) is 0 Å². The van der Waals surface area contributed by atoms with E-state index < -0.39 is 126 Å². The summed E-state index contributed by atoms with van der Waals surface area (Å²) in [5.74, 6) is -2.85. The molecule has 0 heterocycles. The van der Waals surface area contributed by atoms with Crippen molar-refractivity contribution in [2.24, 2.45) is 0 Å². The maximum atomic E-state index is 12.3. The van der Waals surface area contributed by atoms with Gasteiger partial charge in [-0.1, -0.05) is 24.3 Å². The quantitative estimate of drug-likeness (QED) is 0.0338. The minimum absolute atomic E-state index is 0.308. The van der Waals surface area contributed by atoms with Gasteiger partial charge < -0.3 is 63.1 Å². The van der Waals surface area contributed by atoms with Gasteiger partial charge in [-0.25, -0.2) is 19.2 Å². The van der Waals surface area contributed by atoms with E-state index in [-0.39, 0.29) is 0 Å².